The highest BCUT2D eigenvalue weighted by atomic mass is 33.8. The average molecular weight is 510 g/mol. The van der Waals surface area contributed by atoms with E-state index in [1.807, 2.05) is 22.7 Å². The van der Waals surface area contributed by atoms with E-state index in [0.717, 1.165) is 0 Å². The van der Waals surface area contributed by atoms with Crippen LogP contribution < -0.4 is 9.24 Å². The van der Waals surface area contributed by atoms with Gasteiger partial charge in [0.2, 0.25) is 0 Å². The number of thiol groups is 1. The molecule has 141 valence electrons. The van der Waals surface area contributed by atoms with Gasteiger partial charge in [-0.3, -0.25) is 0 Å². The lowest BCUT2D eigenvalue weighted by Crippen LogP contribution is -2.03. The molecule has 0 saturated carbocycles. The third-order valence-electron chi connectivity index (χ3n) is 4.31. The van der Waals surface area contributed by atoms with Crippen LogP contribution in [0.3, 0.4) is 0 Å². The molecule has 2 aromatic heterocycles. The maximum atomic E-state index is 4.70. The van der Waals surface area contributed by atoms with Gasteiger partial charge in [0.15, 0.2) is 0 Å². The van der Waals surface area contributed by atoms with Gasteiger partial charge in [0.05, 0.1) is 15.8 Å². The van der Waals surface area contributed by atoms with Crippen LogP contribution in [0.4, 0.5) is 0 Å². The predicted octanol–water partition coefficient (Wildman–Crippen LogP) is 9.23. The molecule has 8 heteroatoms. The quantitative estimate of drug-likeness (QED) is 0.162. The highest BCUT2D eigenvalue weighted by Crippen LogP contribution is 3.10. The van der Waals surface area contributed by atoms with Gasteiger partial charge in [-0.15, -0.1) is 34.3 Å². The summed E-state index contributed by atoms with van der Waals surface area (Å²) in [6.07, 6.45) is -0.187. The fourth-order valence-corrected chi connectivity index (χ4v) is 43.9. The molecule has 0 unspecified atom stereocenters. The molecule has 28 heavy (non-hydrogen) atoms. The second kappa shape index (κ2) is 8.69. The van der Waals surface area contributed by atoms with E-state index in [4.69, 9.17) is 11.7 Å². The molecule has 0 bridgehead atoms. The van der Waals surface area contributed by atoms with Crippen LogP contribution >= 0.6 is 77.9 Å². The average Bonchev–Trinajstić information content (AvgIpc) is 3.40. The van der Waals surface area contributed by atoms with E-state index in [9.17, 15) is 0 Å². The molecule has 0 amide bonds. The molecule has 1 fully saturated rings. The molecule has 0 nitrogen and oxygen atoms in total. The lowest BCUT2D eigenvalue weighted by Gasteiger charge is -2.44. The molecule has 0 atom stereocenters. The molecule has 3 heterocycles. The van der Waals surface area contributed by atoms with Crippen molar-refractivity contribution >= 4 is 87.2 Å². The van der Waals surface area contributed by atoms with E-state index in [2.05, 4.69) is 106 Å². The molecule has 1 radical (unpaired) electrons. The van der Waals surface area contributed by atoms with Crippen LogP contribution in [-0.2, 0) is 0 Å². The predicted molar refractivity (Wildman–Crippen MR) is 144 cm³/mol. The van der Waals surface area contributed by atoms with Crippen LogP contribution in [-0.4, -0.2) is 0 Å². The molecule has 0 spiro atoms. The normalized spacial score (nSPS) is 21.4. The summed E-state index contributed by atoms with van der Waals surface area (Å²) < 4.78 is 3.04. The molecule has 1 saturated heterocycles. The van der Waals surface area contributed by atoms with Gasteiger partial charge in [0, 0.05) is 4.62 Å². The van der Waals surface area contributed by atoms with Gasteiger partial charge in [-0.2, -0.15) is 0 Å². The Morgan fingerprint density at radius 1 is 0.714 bits per heavy atom. The van der Waals surface area contributed by atoms with Gasteiger partial charge in [0.1, 0.15) is 0 Å². The van der Waals surface area contributed by atoms with Crippen molar-refractivity contribution in [3.8, 4) is 22.3 Å². The summed E-state index contributed by atoms with van der Waals surface area (Å²) in [4.78, 5) is -1.32. The summed E-state index contributed by atoms with van der Waals surface area (Å²) >= 11 is 12.9. The molecule has 1 aliphatic rings. The number of hydrogen-bond acceptors (Lipinski definition) is 6. The number of thiophene rings is 2. The van der Waals surface area contributed by atoms with Crippen molar-refractivity contribution < 1.29 is 0 Å². The lowest BCUT2D eigenvalue weighted by atomic mass is 10.1. The Hall–Kier alpha value is 0.1000. The molecular formula is C20H15P2S6. The minimum Gasteiger partial charge on any atom is -0.142 e. The minimum absolute atomic E-state index is 0.187. The van der Waals surface area contributed by atoms with Gasteiger partial charge in [-0.05, 0) is 55.6 Å². The Bertz CT molecular complexity index is 1070. The second-order valence-corrected chi connectivity index (χ2v) is 27.2. The van der Waals surface area contributed by atoms with Crippen molar-refractivity contribution in [3.05, 3.63) is 83.6 Å². The van der Waals surface area contributed by atoms with Crippen molar-refractivity contribution in [1.82, 2.24) is 0 Å². The monoisotopic (exact) mass is 509 g/mol. The fraction of sp³-hybridized carbons (Fsp3) is 0. The largest absolute Gasteiger partial charge is 0.142 e. The number of rotatable bonds is 5. The third-order valence-corrected chi connectivity index (χ3v) is 40.3. The van der Waals surface area contributed by atoms with Crippen molar-refractivity contribution in [2.75, 3.05) is 0 Å². The molecular weight excluding hydrogens is 495 g/mol. The van der Waals surface area contributed by atoms with Crippen LogP contribution in [0.15, 0.2) is 83.6 Å². The summed E-state index contributed by atoms with van der Waals surface area (Å²) in [5.41, 5.74) is 5.30. The van der Waals surface area contributed by atoms with Gasteiger partial charge in [-0.1, -0.05) is 82.7 Å². The van der Waals surface area contributed by atoms with E-state index < -0.39 is 4.87 Å². The first-order valence-electron chi connectivity index (χ1n) is 8.48. The van der Waals surface area contributed by atoms with Crippen molar-refractivity contribution in [2.45, 2.75) is 0 Å². The van der Waals surface area contributed by atoms with Gasteiger partial charge in [-0.25, -0.2) is 0 Å². The summed E-state index contributed by atoms with van der Waals surface area (Å²) in [6, 6.07) is 26.1. The molecule has 0 N–H and O–H groups in total. The number of hydrogen-bond donors (Lipinski definition) is 1. The zero-order valence-corrected chi connectivity index (χ0v) is 21.2. The zero-order chi connectivity index (χ0) is 19.0. The maximum Gasteiger partial charge on any atom is 0.0857 e. The van der Waals surface area contributed by atoms with E-state index >= 15 is 0 Å². The Morgan fingerprint density at radius 3 is 1.89 bits per heavy atom. The Balaban J connectivity index is 1.34. The first-order chi connectivity index (χ1) is 13.8. The summed E-state index contributed by atoms with van der Waals surface area (Å²) in [5.74, 6) is 0. The second-order valence-electron chi connectivity index (χ2n) is 6.08. The van der Waals surface area contributed by atoms with Crippen LogP contribution in [0.5, 0.6) is 0 Å². The van der Waals surface area contributed by atoms with E-state index in [-0.39, 0.29) is 6.33 Å². The van der Waals surface area contributed by atoms with Crippen molar-refractivity contribution in [2.24, 2.45) is 0 Å². The zero-order valence-electron chi connectivity index (χ0n) is 14.5. The molecule has 2 aromatic carbocycles. The van der Waals surface area contributed by atoms with Crippen LogP contribution in [0.2, 0.25) is 0 Å². The Labute approximate surface area is 191 Å². The SMILES string of the molecule is SS[P]1(c2cc(-c3ccccc3)cs2)SP(c2cc(-c3ccccc3)cs2)S1. The topological polar surface area (TPSA) is 0 Å². The van der Waals surface area contributed by atoms with Gasteiger partial charge < -0.3 is 0 Å². The van der Waals surface area contributed by atoms with Crippen molar-refractivity contribution in [1.29, 1.82) is 0 Å². The van der Waals surface area contributed by atoms with Gasteiger partial charge >= 0.3 is 0 Å². The van der Waals surface area contributed by atoms with E-state index in [1.165, 1.54) is 31.5 Å². The first-order valence-corrected chi connectivity index (χ1v) is 19.9. The smallest absolute Gasteiger partial charge is 0.0857 e. The lowest BCUT2D eigenvalue weighted by molar-refractivity contribution is 1.68. The van der Waals surface area contributed by atoms with Crippen LogP contribution in [0.25, 0.3) is 22.3 Å². The molecule has 1 aliphatic heterocycles. The maximum absolute atomic E-state index is 4.70. The highest BCUT2D eigenvalue weighted by Gasteiger charge is 2.49. The van der Waals surface area contributed by atoms with E-state index in [0.29, 0.717) is 0 Å². The Kier molecular flexibility index (Phi) is 6.21. The standard InChI is InChI=1S/C20H15P2S6/c23-28-22(20-12-18(14-25-20)16-9-5-2-6-10-16)26-21(27-22)19-11-17(13-24-19)15-7-3-1-4-8-15/h1-14,23H. The third kappa shape index (κ3) is 3.88. The molecule has 0 aliphatic carbocycles. The first kappa shape index (κ1) is 20.0. The van der Waals surface area contributed by atoms with Crippen molar-refractivity contribution in [3.63, 3.8) is 0 Å². The highest BCUT2D eigenvalue weighted by molar-refractivity contribution is 9.56. The van der Waals surface area contributed by atoms with Crippen LogP contribution in [0, 0.1) is 0 Å². The summed E-state index contributed by atoms with van der Waals surface area (Å²) in [7, 11) is 1.78. The molecule has 5 rings (SSSR count). The minimum atomic E-state index is -1.32. The summed E-state index contributed by atoms with van der Waals surface area (Å²) in [6.45, 7) is 0. The fourth-order valence-electron chi connectivity index (χ4n) is 2.89. The Morgan fingerprint density at radius 2 is 1.29 bits per heavy atom. The van der Waals surface area contributed by atoms with Crippen LogP contribution in [0.1, 0.15) is 0 Å². The number of benzene rings is 2. The molecule has 4 aromatic rings. The van der Waals surface area contributed by atoms with E-state index in [1.54, 1.807) is 10.4 Å². The summed E-state index contributed by atoms with van der Waals surface area (Å²) in [5, 5.41) is 4.61. The van der Waals surface area contributed by atoms with Gasteiger partial charge in [0.25, 0.3) is 0 Å².